The van der Waals surface area contributed by atoms with Crippen LogP contribution in [0.3, 0.4) is 0 Å². The lowest BCUT2D eigenvalue weighted by atomic mass is 10.2. The van der Waals surface area contributed by atoms with E-state index >= 15 is 0 Å². The molecule has 20 heavy (non-hydrogen) atoms. The highest BCUT2D eigenvalue weighted by Crippen LogP contribution is 2.25. The van der Waals surface area contributed by atoms with E-state index in [0.29, 0.717) is 11.4 Å². The number of rotatable bonds is 2. The fourth-order valence-corrected chi connectivity index (χ4v) is 2.62. The Hall–Kier alpha value is -2.36. The first kappa shape index (κ1) is 12.7. The van der Waals surface area contributed by atoms with Gasteiger partial charge < -0.3 is 21.3 Å². The van der Waals surface area contributed by atoms with Crippen LogP contribution in [0, 0.1) is 0 Å². The SMILES string of the molecule is Nc1ccc(N2CCN(c3ccccc3)CC2)cc1N. The van der Waals surface area contributed by atoms with E-state index in [0.717, 1.165) is 31.9 Å². The van der Waals surface area contributed by atoms with Gasteiger partial charge in [-0.05, 0) is 30.3 Å². The molecular weight excluding hydrogens is 248 g/mol. The fraction of sp³-hybridized carbons (Fsp3) is 0.250. The van der Waals surface area contributed by atoms with E-state index in [1.807, 2.05) is 18.2 Å². The Morgan fingerprint density at radius 1 is 0.650 bits per heavy atom. The molecule has 0 bridgehead atoms. The highest BCUT2D eigenvalue weighted by Gasteiger charge is 2.17. The molecule has 2 aromatic rings. The molecule has 0 aromatic heterocycles. The zero-order chi connectivity index (χ0) is 13.9. The van der Waals surface area contributed by atoms with Gasteiger partial charge >= 0.3 is 0 Å². The molecule has 0 unspecified atom stereocenters. The van der Waals surface area contributed by atoms with Crippen molar-refractivity contribution in [3.63, 3.8) is 0 Å². The van der Waals surface area contributed by atoms with Crippen LogP contribution in [-0.4, -0.2) is 26.2 Å². The number of hydrogen-bond acceptors (Lipinski definition) is 4. The van der Waals surface area contributed by atoms with Crippen LogP contribution < -0.4 is 21.3 Å². The summed E-state index contributed by atoms with van der Waals surface area (Å²) in [4.78, 5) is 4.77. The van der Waals surface area contributed by atoms with Crippen molar-refractivity contribution in [1.29, 1.82) is 0 Å². The summed E-state index contributed by atoms with van der Waals surface area (Å²) in [6.07, 6.45) is 0. The molecule has 1 aliphatic heterocycles. The molecular formula is C16H20N4. The highest BCUT2D eigenvalue weighted by molar-refractivity contribution is 5.70. The van der Waals surface area contributed by atoms with Crippen LogP contribution in [0.4, 0.5) is 22.7 Å². The number of nitrogen functional groups attached to an aromatic ring is 2. The number of benzene rings is 2. The van der Waals surface area contributed by atoms with E-state index in [9.17, 15) is 0 Å². The molecule has 1 heterocycles. The zero-order valence-electron chi connectivity index (χ0n) is 11.5. The molecule has 0 radical (unpaired) electrons. The summed E-state index contributed by atoms with van der Waals surface area (Å²) in [5, 5.41) is 0. The van der Waals surface area contributed by atoms with E-state index in [-0.39, 0.29) is 0 Å². The molecule has 1 saturated heterocycles. The molecule has 0 atom stereocenters. The summed E-state index contributed by atoms with van der Waals surface area (Å²) in [5.41, 5.74) is 15.4. The van der Waals surface area contributed by atoms with Gasteiger partial charge in [0.2, 0.25) is 0 Å². The van der Waals surface area contributed by atoms with E-state index in [1.165, 1.54) is 5.69 Å². The first-order valence-electron chi connectivity index (χ1n) is 6.94. The Labute approximate surface area is 119 Å². The van der Waals surface area contributed by atoms with Gasteiger partial charge in [0, 0.05) is 37.6 Å². The second-order valence-electron chi connectivity index (χ2n) is 5.12. The van der Waals surface area contributed by atoms with E-state index in [2.05, 4.69) is 40.1 Å². The second-order valence-corrected chi connectivity index (χ2v) is 5.12. The molecule has 4 N–H and O–H groups in total. The quantitative estimate of drug-likeness (QED) is 0.820. The van der Waals surface area contributed by atoms with E-state index in [4.69, 9.17) is 11.5 Å². The molecule has 4 nitrogen and oxygen atoms in total. The first-order valence-corrected chi connectivity index (χ1v) is 6.94. The fourth-order valence-electron chi connectivity index (χ4n) is 2.62. The molecule has 3 rings (SSSR count). The topological polar surface area (TPSA) is 58.5 Å². The molecule has 1 aliphatic rings. The lowest BCUT2D eigenvalue weighted by Gasteiger charge is -2.37. The van der Waals surface area contributed by atoms with E-state index < -0.39 is 0 Å². The molecule has 0 saturated carbocycles. The normalized spacial score (nSPS) is 15.4. The first-order chi connectivity index (χ1) is 9.74. The Morgan fingerprint density at radius 2 is 1.25 bits per heavy atom. The minimum Gasteiger partial charge on any atom is -0.397 e. The van der Waals surface area contributed by atoms with E-state index in [1.54, 1.807) is 0 Å². The zero-order valence-corrected chi connectivity index (χ0v) is 11.5. The number of nitrogens with zero attached hydrogens (tertiary/aromatic N) is 2. The molecule has 2 aromatic carbocycles. The number of piperazine rings is 1. The number of anilines is 4. The Bertz CT molecular complexity index is 574. The lowest BCUT2D eigenvalue weighted by molar-refractivity contribution is 0.654. The van der Waals surface area contributed by atoms with Crippen molar-refractivity contribution < 1.29 is 0 Å². The Morgan fingerprint density at radius 3 is 1.85 bits per heavy atom. The van der Waals surface area contributed by atoms with Crippen LogP contribution >= 0.6 is 0 Å². The monoisotopic (exact) mass is 268 g/mol. The smallest absolute Gasteiger partial charge is 0.0568 e. The second kappa shape index (κ2) is 5.33. The maximum Gasteiger partial charge on any atom is 0.0568 e. The van der Waals surface area contributed by atoms with Gasteiger partial charge in [-0.1, -0.05) is 18.2 Å². The standard InChI is InChI=1S/C16H20N4/c17-15-7-6-14(12-16(15)18)20-10-8-19(9-11-20)13-4-2-1-3-5-13/h1-7,12H,8-11,17-18H2. The molecule has 104 valence electrons. The van der Waals surface area contributed by atoms with Gasteiger partial charge in [0.1, 0.15) is 0 Å². The summed E-state index contributed by atoms with van der Waals surface area (Å²) in [6.45, 7) is 4.04. The van der Waals surface area contributed by atoms with Gasteiger partial charge in [-0.2, -0.15) is 0 Å². The van der Waals surface area contributed by atoms with Crippen molar-refractivity contribution in [3.8, 4) is 0 Å². The van der Waals surface area contributed by atoms with Gasteiger partial charge in [0.25, 0.3) is 0 Å². The largest absolute Gasteiger partial charge is 0.397 e. The lowest BCUT2D eigenvalue weighted by Crippen LogP contribution is -2.46. The third-order valence-corrected chi connectivity index (χ3v) is 3.84. The van der Waals surface area contributed by atoms with Gasteiger partial charge in [0.15, 0.2) is 0 Å². The van der Waals surface area contributed by atoms with Crippen molar-refractivity contribution in [2.45, 2.75) is 0 Å². The predicted molar refractivity (Wildman–Crippen MR) is 86.1 cm³/mol. The molecule has 0 spiro atoms. The summed E-state index contributed by atoms with van der Waals surface area (Å²) in [6, 6.07) is 16.4. The van der Waals surface area contributed by atoms with Gasteiger partial charge in [0.05, 0.1) is 11.4 Å². The molecule has 4 heteroatoms. The number of para-hydroxylation sites is 1. The van der Waals surface area contributed by atoms with Crippen LogP contribution in [0.1, 0.15) is 0 Å². The molecule has 0 amide bonds. The summed E-state index contributed by atoms with van der Waals surface area (Å²) >= 11 is 0. The Kier molecular flexibility index (Phi) is 3.37. The Balaban J connectivity index is 1.68. The molecule has 1 fully saturated rings. The third-order valence-electron chi connectivity index (χ3n) is 3.84. The van der Waals surface area contributed by atoms with Crippen molar-refractivity contribution >= 4 is 22.7 Å². The molecule has 0 aliphatic carbocycles. The van der Waals surface area contributed by atoms with Crippen molar-refractivity contribution in [1.82, 2.24) is 0 Å². The van der Waals surface area contributed by atoms with Crippen LogP contribution in [0.15, 0.2) is 48.5 Å². The van der Waals surface area contributed by atoms with Crippen LogP contribution in [0.5, 0.6) is 0 Å². The summed E-state index contributed by atoms with van der Waals surface area (Å²) in [5.74, 6) is 0. The maximum atomic E-state index is 5.88. The van der Waals surface area contributed by atoms with Crippen molar-refractivity contribution in [2.24, 2.45) is 0 Å². The summed E-state index contributed by atoms with van der Waals surface area (Å²) < 4.78 is 0. The average Bonchev–Trinajstić information content (AvgIpc) is 2.51. The highest BCUT2D eigenvalue weighted by atomic mass is 15.3. The average molecular weight is 268 g/mol. The van der Waals surface area contributed by atoms with Crippen molar-refractivity contribution in [2.75, 3.05) is 47.4 Å². The van der Waals surface area contributed by atoms with Gasteiger partial charge in [-0.3, -0.25) is 0 Å². The van der Waals surface area contributed by atoms with Gasteiger partial charge in [-0.15, -0.1) is 0 Å². The third kappa shape index (κ3) is 2.50. The van der Waals surface area contributed by atoms with Crippen LogP contribution in [0.25, 0.3) is 0 Å². The predicted octanol–water partition coefficient (Wildman–Crippen LogP) is 2.18. The number of nitrogens with two attached hydrogens (primary N) is 2. The minimum atomic E-state index is 0.650. The number of hydrogen-bond donors (Lipinski definition) is 2. The minimum absolute atomic E-state index is 0.650. The van der Waals surface area contributed by atoms with Crippen molar-refractivity contribution in [3.05, 3.63) is 48.5 Å². The summed E-state index contributed by atoms with van der Waals surface area (Å²) in [7, 11) is 0. The van der Waals surface area contributed by atoms with Crippen LogP contribution in [0.2, 0.25) is 0 Å². The van der Waals surface area contributed by atoms with Gasteiger partial charge in [-0.25, -0.2) is 0 Å². The van der Waals surface area contributed by atoms with Crippen LogP contribution in [-0.2, 0) is 0 Å². The maximum absolute atomic E-state index is 5.88.